The summed E-state index contributed by atoms with van der Waals surface area (Å²) in [6, 6.07) is 3.37. The quantitative estimate of drug-likeness (QED) is 0.163. The van der Waals surface area contributed by atoms with Crippen molar-refractivity contribution in [2.24, 2.45) is 22.4 Å². The Bertz CT molecular complexity index is 668. The van der Waals surface area contributed by atoms with Gasteiger partial charge in [0.2, 0.25) is 0 Å². The second kappa shape index (κ2) is 15.3. The van der Waals surface area contributed by atoms with E-state index < -0.39 is 5.97 Å². The van der Waals surface area contributed by atoms with E-state index in [4.69, 9.17) is 16.6 Å². The molecule has 0 unspecified atom stereocenters. The largest absolute Gasteiger partial charge is 0.859 e. The molecule has 0 aliphatic heterocycles. The van der Waals surface area contributed by atoms with Gasteiger partial charge in [-0.3, -0.25) is 4.98 Å². The van der Waals surface area contributed by atoms with Crippen LogP contribution in [0.25, 0.3) is 0 Å². The Morgan fingerprint density at radius 3 is 2.50 bits per heavy atom. The third-order valence-corrected chi connectivity index (χ3v) is 5.19. The summed E-state index contributed by atoms with van der Waals surface area (Å²) < 4.78 is 0. The summed E-state index contributed by atoms with van der Waals surface area (Å²) in [5.74, 6) is -0.760. The fourth-order valence-electron chi connectivity index (χ4n) is 3.61. The number of guanidine groups is 1. The van der Waals surface area contributed by atoms with Gasteiger partial charge in [-0.2, -0.15) is 0 Å². The fourth-order valence-corrected chi connectivity index (χ4v) is 3.61. The first-order valence-corrected chi connectivity index (χ1v) is 11.0. The molecule has 0 aromatic carbocycles. The summed E-state index contributed by atoms with van der Waals surface area (Å²) in [5.41, 5.74) is 12.5. The van der Waals surface area contributed by atoms with Crippen molar-refractivity contribution in [3.63, 3.8) is 0 Å². The number of rotatable bonds is 16. The number of nitrogens with two attached hydrogens (primary N) is 2. The molecule has 1 rings (SSSR count). The maximum absolute atomic E-state index is 11.3. The van der Waals surface area contributed by atoms with Gasteiger partial charge < -0.3 is 21.7 Å². The molecule has 0 aliphatic rings. The van der Waals surface area contributed by atoms with Crippen LogP contribution in [0.3, 0.4) is 0 Å². The molecule has 5 N–H and O–H groups in total. The first-order chi connectivity index (χ1) is 14.4. The number of unbranched alkanes of at least 4 members (excludes halogenated alkanes) is 5. The summed E-state index contributed by atoms with van der Waals surface area (Å²) in [7, 11) is 0. The maximum atomic E-state index is 11.3. The number of carbonyl (C=O) groups is 1. The van der Waals surface area contributed by atoms with Gasteiger partial charge in [0.25, 0.3) is 0 Å². The van der Waals surface area contributed by atoms with Crippen LogP contribution < -0.4 is 16.6 Å². The van der Waals surface area contributed by atoms with Gasteiger partial charge in [-0.15, -0.1) is 0 Å². The molecule has 0 saturated carbocycles. The van der Waals surface area contributed by atoms with Crippen LogP contribution in [0, 0.1) is 5.92 Å². The molecule has 1 aromatic rings. The van der Waals surface area contributed by atoms with Crippen LogP contribution in [0.15, 0.2) is 35.0 Å². The van der Waals surface area contributed by atoms with Crippen molar-refractivity contribution < 1.29 is 15.0 Å². The van der Waals surface area contributed by atoms with E-state index in [9.17, 15) is 9.90 Å². The van der Waals surface area contributed by atoms with E-state index in [1.807, 2.05) is 6.07 Å². The van der Waals surface area contributed by atoms with Crippen molar-refractivity contribution in [2.75, 3.05) is 6.54 Å². The highest BCUT2D eigenvalue weighted by Crippen LogP contribution is 2.23. The van der Waals surface area contributed by atoms with E-state index in [1.165, 1.54) is 50.7 Å². The lowest BCUT2D eigenvalue weighted by atomic mass is 9.89. The molecule has 168 valence electrons. The lowest BCUT2D eigenvalue weighted by Crippen LogP contribution is -2.23. The Balaban J connectivity index is 2.60. The molecule has 1 atom stereocenters. The highest BCUT2D eigenvalue weighted by molar-refractivity contribution is 5.81. The van der Waals surface area contributed by atoms with Crippen LogP contribution in [0.4, 0.5) is 0 Å². The van der Waals surface area contributed by atoms with Crippen molar-refractivity contribution in [3.8, 4) is 5.88 Å². The summed E-state index contributed by atoms with van der Waals surface area (Å²) in [6.07, 6.45) is 14.9. The molecule has 0 fully saturated rings. The summed E-state index contributed by atoms with van der Waals surface area (Å²) in [6.45, 7) is 2.43. The molecule has 30 heavy (non-hydrogen) atoms. The summed E-state index contributed by atoms with van der Waals surface area (Å²) >= 11 is 0. The van der Waals surface area contributed by atoms with Gasteiger partial charge in [-0.05, 0) is 48.6 Å². The van der Waals surface area contributed by atoms with Gasteiger partial charge >= 0.3 is 5.97 Å². The standard InChI is InChI=1S/C23H38N4O3/c1-2-3-4-5-6-7-9-18(14-20-12-13-21(28)26-16-20)10-8-11-19(15-22(29)30)17-27-23(24)25/h12-13,15-16,18H,2-11,14,17H2,1H3,(H,26,28)(H,29,30)(H4,24,25,27)/p-1/b19-15-/t18-/m1/s1. The highest BCUT2D eigenvalue weighted by Gasteiger charge is 2.11. The monoisotopic (exact) mass is 417 g/mol. The second-order valence-corrected chi connectivity index (χ2v) is 7.91. The Hall–Kier alpha value is -2.57. The van der Waals surface area contributed by atoms with Crippen molar-refractivity contribution >= 4 is 11.9 Å². The van der Waals surface area contributed by atoms with E-state index >= 15 is 0 Å². The number of nitrogens with zero attached hydrogens (tertiary/aromatic N) is 2. The van der Waals surface area contributed by atoms with Crippen molar-refractivity contribution in [1.82, 2.24) is 4.98 Å². The number of pyridine rings is 1. The van der Waals surface area contributed by atoms with E-state index in [0.717, 1.165) is 31.2 Å². The van der Waals surface area contributed by atoms with Gasteiger partial charge in [0, 0.05) is 12.3 Å². The predicted octanol–water partition coefficient (Wildman–Crippen LogP) is 3.52. The van der Waals surface area contributed by atoms with Crippen LogP contribution >= 0.6 is 0 Å². The molecule has 0 spiro atoms. The van der Waals surface area contributed by atoms with Crippen molar-refractivity contribution in [3.05, 3.63) is 35.5 Å². The minimum atomic E-state index is -0.983. The SMILES string of the molecule is CCCCCCCC[C@H](CCC/C(=C/C(=O)O)CN=C(N)N)Cc1ccc([O-])nc1. The molecule has 7 heteroatoms. The van der Waals surface area contributed by atoms with E-state index in [0.29, 0.717) is 17.9 Å². The van der Waals surface area contributed by atoms with E-state index in [1.54, 1.807) is 6.20 Å². The number of hydrogen-bond donors (Lipinski definition) is 3. The molecule has 0 bridgehead atoms. The minimum Gasteiger partial charge on any atom is -0.859 e. The number of carboxylic acids is 1. The average molecular weight is 418 g/mol. The molecule has 1 aromatic heterocycles. The molecular weight excluding hydrogens is 380 g/mol. The lowest BCUT2D eigenvalue weighted by molar-refractivity contribution is -0.275. The fraction of sp³-hybridized carbons (Fsp3) is 0.609. The van der Waals surface area contributed by atoms with E-state index in [-0.39, 0.29) is 18.4 Å². The summed E-state index contributed by atoms with van der Waals surface area (Å²) in [4.78, 5) is 18.9. The smallest absolute Gasteiger partial charge is 0.328 e. The second-order valence-electron chi connectivity index (χ2n) is 7.91. The number of carboxylic acid groups (broad SMARTS) is 1. The Morgan fingerprint density at radius 1 is 1.17 bits per heavy atom. The predicted molar refractivity (Wildman–Crippen MR) is 119 cm³/mol. The molecule has 0 aliphatic carbocycles. The summed E-state index contributed by atoms with van der Waals surface area (Å²) in [5, 5.41) is 20.3. The highest BCUT2D eigenvalue weighted by atomic mass is 16.4. The zero-order valence-electron chi connectivity index (χ0n) is 18.2. The number of aromatic nitrogens is 1. The average Bonchev–Trinajstić information content (AvgIpc) is 2.69. The number of aliphatic carboxylic acids is 1. The number of aliphatic imine (C=N–C) groups is 1. The number of hydrogen-bond acceptors (Lipinski definition) is 4. The van der Waals surface area contributed by atoms with Gasteiger partial charge in [-0.25, -0.2) is 9.79 Å². The third-order valence-electron chi connectivity index (χ3n) is 5.19. The van der Waals surface area contributed by atoms with Crippen molar-refractivity contribution in [2.45, 2.75) is 77.6 Å². The van der Waals surface area contributed by atoms with Gasteiger partial charge in [0.1, 0.15) is 0 Å². The molecule has 0 amide bonds. The third kappa shape index (κ3) is 12.8. The Kier molecular flexibility index (Phi) is 13.0. The van der Waals surface area contributed by atoms with Crippen LogP contribution in [-0.2, 0) is 11.2 Å². The molecular formula is C23H37N4O3-. The molecule has 0 radical (unpaired) electrons. The van der Waals surface area contributed by atoms with Crippen LogP contribution in [-0.4, -0.2) is 28.6 Å². The molecule has 1 heterocycles. The van der Waals surface area contributed by atoms with E-state index in [2.05, 4.69) is 16.9 Å². The molecule has 0 saturated heterocycles. The Labute approximate surface area is 180 Å². The minimum absolute atomic E-state index is 0.0402. The zero-order valence-corrected chi connectivity index (χ0v) is 18.2. The van der Waals surface area contributed by atoms with Crippen molar-refractivity contribution in [1.29, 1.82) is 0 Å². The van der Waals surface area contributed by atoms with Gasteiger partial charge in [0.15, 0.2) is 5.96 Å². The Morgan fingerprint density at radius 2 is 1.87 bits per heavy atom. The lowest BCUT2D eigenvalue weighted by Gasteiger charge is -2.18. The first kappa shape index (κ1) is 25.5. The zero-order chi connectivity index (χ0) is 22.2. The first-order valence-electron chi connectivity index (χ1n) is 11.0. The van der Waals surface area contributed by atoms with Gasteiger partial charge in [0.05, 0.1) is 6.54 Å². The van der Waals surface area contributed by atoms with Gasteiger partial charge in [-0.1, -0.05) is 64.0 Å². The normalized spacial score (nSPS) is 12.5. The molecule has 7 nitrogen and oxygen atoms in total. The van der Waals surface area contributed by atoms with Crippen LogP contribution in [0.1, 0.15) is 76.7 Å². The maximum Gasteiger partial charge on any atom is 0.328 e. The van der Waals surface area contributed by atoms with Crippen LogP contribution in [0.2, 0.25) is 0 Å². The topological polar surface area (TPSA) is 138 Å². The van der Waals surface area contributed by atoms with Crippen LogP contribution in [0.5, 0.6) is 5.88 Å².